The number of ether oxygens (including phenoxy) is 2. The molecule has 0 amide bonds. The van der Waals surface area contributed by atoms with Gasteiger partial charge in [-0.15, -0.1) is 0 Å². The zero-order valence-corrected chi connectivity index (χ0v) is 9.45. The second kappa shape index (κ2) is 2.16. The Bertz CT molecular complexity index is 469. The third-order valence-electron chi connectivity index (χ3n) is 6.97. The molecule has 2 bridgehead atoms. The van der Waals surface area contributed by atoms with Gasteiger partial charge >= 0.3 is 0 Å². The Hall–Kier alpha value is -0.610. The zero-order chi connectivity index (χ0) is 10.9. The molecule has 6 aliphatic rings. The summed E-state index contributed by atoms with van der Waals surface area (Å²) in [7, 11) is 0. The molecule has 90 valence electrons. The van der Waals surface area contributed by atoms with Crippen molar-refractivity contribution >= 4 is 5.71 Å². The molecular weight excluding hydrogens is 218 g/mol. The standard InChI is InChI=1S/C13H15NO3/c15-14-12-8-4-3-5-7-6(4)9(12)11(7)13(10(5)8)16-1-2-17-13/h4-11,15H,1-3H2/t4-,5-,6+,7+,8+,9+,10+,11-/m0/s1. The highest BCUT2D eigenvalue weighted by molar-refractivity contribution is 5.96. The van der Waals surface area contributed by atoms with Gasteiger partial charge in [0.2, 0.25) is 0 Å². The van der Waals surface area contributed by atoms with Gasteiger partial charge in [-0.3, -0.25) is 0 Å². The zero-order valence-electron chi connectivity index (χ0n) is 9.45. The van der Waals surface area contributed by atoms with E-state index in [1.807, 2.05) is 0 Å². The van der Waals surface area contributed by atoms with Crippen LogP contribution in [0.5, 0.6) is 0 Å². The highest BCUT2D eigenvalue weighted by Gasteiger charge is 2.88. The number of rotatable bonds is 0. The van der Waals surface area contributed by atoms with E-state index in [4.69, 9.17) is 9.47 Å². The first-order valence-corrected chi connectivity index (χ1v) is 6.88. The average Bonchev–Trinajstić information content (AvgIpc) is 2.95. The van der Waals surface area contributed by atoms with E-state index in [1.54, 1.807) is 0 Å². The molecule has 1 aliphatic heterocycles. The summed E-state index contributed by atoms with van der Waals surface area (Å²) in [5, 5.41) is 13.0. The lowest BCUT2D eigenvalue weighted by molar-refractivity contribution is -0.241. The third-order valence-corrected chi connectivity index (χ3v) is 6.97. The second-order valence-corrected chi connectivity index (χ2v) is 6.76. The molecule has 8 atom stereocenters. The lowest BCUT2D eigenvalue weighted by Crippen LogP contribution is -2.58. The van der Waals surface area contributed by atoms with Gasteiger partial charge in [0.25, 0.3) is 0 Å². The van der Waals surface area contributed by atoms with E-state index < -0.39 is 0 Å². The molecule has 1 heterocycles. The van der Waals surface area contributed by atoms with Gasteiger partial charge in [0, 0.05) is 23.7 Å². The van der Waals surface area contributed by atoms with E-state index in [-0.39, 0.29) is 5.79 Å². The Labute approximate surface area is 99.0 Å². The fourth-order valence-electron chi connectivity index (χ4n) is 7.11. The first-order valence-electron chi connectivity index (χ1n) is 6.88. The molecule has 17 heavy (non-hydrogen) atoms. The van der Waals surface area contributed by atoms with Gasteiger partial charge in [0.05, 0.1) is 18.9 Å². The Balaban J connectivity index is 1.64. The number of hydrogen-bond donors (Lipinski definition) is 1. The molecular formula is C13H15NO3. The first kappa shape index (κ1) is 8.48. The molecule has 1 N–H and O–H groups in total. The molecule has 6 rings (SSSR count). The lowest BCUT2D eigenvalue weighted by Gasteiger charge is -2.50. The van der Waals surface area contributed by atoms with Crippen molar-refractivity contribution in [3.05, 3.63) is 0 Å². The van der Waals surface area contributed by atoms with Gasteiger partial charge in [-0.1, -0.05) is 5.16 Å². The molecule has 5 aliphatic carbocycles. The monoisotopic (exact) mass is 233 g/mol. The smallest absolute Gasteiger partial charge is 0.175 e. The van der Waals surface area contributed by atoms with Crippen molar-refractivity contribution in [2.45, 2.75) is 12.2 Å². The highest BCUT2D eigenvalue weighted by atomic mass is 16.7. The fraction of sp³-hybridized carbons (Fsp3) is 0.923. The summed E-state index contributed by atoms with van der Waals surface area (Å²) in [6, 6.07) is 0. The van der Waals surface area contributed by atoms with Crippen molar-refractivity contribution in [2.75, 3.05) is 13.2 Å². The van der Waals surface area contributed by atoms with Crippen molar-refractivity contribution in [3.8, 4) is 0 Å². The van der Waals surface area contributed by atoms with Crippen molar-refractivity contribution < 1.29 is 14.7 Å². The van der Waals surface area contributed by atoms with Gasteiger partial charge in [-0.25, -0.2) is 0 Å². The topological polar surface area (TPSA) is 51.1 Å². The van der Waals surface area contributed by atoms with Crippen LogP contribution in [-0.4, -0.2) is 29.9 Å². The Kier molecular flexibility index (Phi) is 1.08. The van der Waals surface area contributed by atoms with Gasteiger partial charge in [-0.05, 0) is 30.1 Å². The molecule has 4 heteroatoms. The quantitative estimate of drug-likeness (QED) is 0.500. The number of fused-ring (bicyclic) bond motifs is 4. The highest BCUT2D eigenvalue weighted by Crippen LogP contribution is 2.85. The predicted molar refractivity (Wildman–Crippen MR) is 56.4 cm³/mol. The Morgan fingerprint density at radius 1 is 1.06 bits per heavy atom. The molecule has 0 unspecified atom stereocenters. The van der Waals surface area contributed by atoms with Crippen LogP contribution in [0.25, 0.3) is 0 Å². The van der Waals surface area contributed by atoms with Gasteiger partial charge in [0.1, 0.15) is 0 Å². The minimum Gasteiger partial charge on any atom is -0.411 e. The summed E-state index contributed by atoms with van der Waals surface area (Å²) in [4.78, 5) is 0. The summed E-state index contributed by atoms with van der Waals surface area (Å²) in [5.41, 5.74) is 1.11. The average molecular weight is 233 g/mol. The molecule has 1 saturated heterocycles. The molecule has 0 aromatic carbocycles. The van der Waals surface area contributed by atoms with Crippen LogP contribution in [0.4, 0.5) is 0 Å². The molecule has 0 aromatic rings. The van der Waals surface area contributed by atoms with Crippen LogP contribution in [0.2, 0.25) is 0 Å². The summed E-state index contributed by atoms with van der Waals surface area (Å²) in [5.74, 6) is 4.94. The van der Waals surface area contributed by atoms with Crippen molar-refractivity contribution in [1.29, 1.82) is 0 Å². The normalized spacial score (nSPS) is 68.8. The minimum atomic E-state index is -0.263. The number of nitrogens with zero attached hydrogens (tertiary/aromatic N) is 1. The SMILES string of the molecule is ON=C1[C@@H]2[C@H]3C[C@H]4[C@@H]5[C@@H]3[C@@H]1[C@H]5C1(OCCO1)[C@H]42. The lowest BCUT2D eigenvalue weighted by atomic mass is 9.58. The molecule has 6 fully saturated rings. The number of oxime groups is 1. The van der Waals surface area contributed by atoms with Crippen LogP contribution in [0.15, 0.2) is 5.16 Å². The summed E-state index contributed by atoms with van der Waals surface area (Å²) in [6.45, 7) is 1.51. The maximum Gasteiger partial charge on any atom is 0.175 e. The van der Waals surface area contributed by atoms with Gasteiger partial charge < -0.3 is 14.7 Å². The van der Waals surface area contributed by atoms with E-state index in [0.29, 0.717) is 23.7 Å². The van der Waals surface area contributed by atoms with E-state index in [2.05, 4.69) is 5.16 Å². The molecule has 5 saturated carbocycles. The molecule has 1 spiro atoms. The summed E-state index contributed by atoms with van der Waals surface area (Å²) < 4.78 is 12.2. The second-order valence-electron chi connectivity index (χ2n) is 6.76. The molecule has 0 radical (unpaired) electrons. The van der Waals surface area contributed by atoms with Crippen LogP contribution < -0.4 is 0 Å². The van der Waals surface area contributed by atoms with E-state index in [9.17, 15) is 5.21 Å². The summed E-state index contributed by atoms with van der Waals surface area (Å²) in [6.07, 6.45) is 1.34. The summed E-state index contributed by atoms with van der Waals surface area (Å²) >= 11 is 0. The van der Waals surface area contributed by atoms with Crippen molar-refractivity contribution in [2.24, 2.45) is 52.5 Å². The van der Waals surface area contributed by atoms with Crippen molar-refractivity contribution in [1.82, 2.24) is 0 Å². The fourth-order valence-corrected chi connectivity index (χ4v) is 7.11. The van der Waals surface area contributed by atoms with E-state index in [1.165, 1.54) is 6.42 Å². The van der Waals surface area contributed by atoms with Crippen molar-refractivity contribution in [3.63, 3.8) is 0 Å². The van der Waals surface area contributed by atoms with Crippen LogP contribution in [0.1, 0.15) is 6.42 Å². The van der Waals surface area contributed by atoms with Gasteiger partial charge in [-0.2, -0.15) is 0 Å². The Morgan fingerprint density at radius 3 is 2.65 bits per heavy atom. The van der Waals surface area contributed by atoms with Crippen LogP contribution in [0.3, 0.4) is 0 Å². The minimum absolute atomic E-state index is 0.263. The first-order chi connectivity index (χ1) is 8.38. The predicted octanol–water partition coefficient (Wildman–Crippen LogP) is 0.947. The maximum absolute atomic E-state index is 9.32. The van der Waals surface area contributed by atoms with Crippen LogP contribution in [-0.2, 0) is 9.47 Å². The molecule has 0 aromatic heterocycles. The largest absolute Gasteiger partial charge is 0.411 e. The van der Waals surface area contributed by atoms with E-state index in [0.717, 1.165) is 42.6 Å². The Morgan fingerprint density at radius 2 is 1.88 bits per heavy atom. The molecule has 4 nitrogen and oxygen atoms in total. The maximum atomic E-state index is 9.32. The number of hydrogen-bond acceptors (Lipinski definition) is 4. The van der Waals surface area contributed by atoms with Gasteiger partial charge in [0.15, 0.2) is 5.79 Å². The third kappa shape index (κ3) is 0.557. The van der Waals surface area contributed by atoms with Crippen LogP contribution >= 0.6 is 0 Å². The van der Waals surface area contributed by atoms with E-state index >= 15 is 0 Å². The van der Waals surface area contributed by atoms with Crippen LogP contribution in [0, 0.1) is 47.3 Å².